The van der Waals surface area contributed by atoms with Gasteiger partial charge in [0.25, 0.3) is 0 Å². The molecule has 1 rings (SSSR count). The Balaban J connectivity index is 2.46. The number of rotatable bonds is 5. The van der Waals surface area contributed by atoms with Crippen LogP contribution in [0.1, 0.15) is 12.7 Å². The topological polar surface area (TPSA) is 73.1 Å². The molecule has 0 saturated heterocycles. The minimum atomic E-state index is 0.626. The number of hydrazine groups is 1. The third-order valence-corrected chi connectivity index (χ3v) is 1.53. The van der Waals surface area contributed by atoms with Gasteiger partial charge in [-0.05, 0) is 6.92 Å². The van der Waals surface area contributed by atoms with Crippen LogP contribution in [0.15, 0.2) is 12.3 Å². The quantitative estimate of drug-likeness (QED) is 0.390. The third kappa shape index (κ3) is 3.35. The summed E-state index contributed by atoms with van der Waals surface area (Å²) in [6, 6.07) is 1.71. The molecule has 5 heteroatoms. The lowest BCUT2D eigenvalue weighted by atomic mass is 10.4. The molecule has 0 saturated carbocycles. The van der Waals surface area contributed by atoms with E-state index in [4.69, 9.17) is 10.6 Å². The van der Waals surface area contributed by atoms with Gasteiger partial charge >= 0.3 is 0 Å². The maximum Gasteiger partial charge on any atom is 0.143 e. The Hall–Kier alpha value is -1.20. The molecule has 1 heterocycles. The van der Waals surface area contributed by atoms with Crippen LogP contribution in [-0.2, 0) is 11.2 Å². The fourth-order valence-corrected chi connectivity index (χ4v) is 0.908. The molecule has 0 aliphatic rings. The molecule has 5 nitrogen and oxygen atoms in total. The normalized spacial score (nSPS) is 10.0. The molecule has 3 N–H and O–H groups in total. The molecule has 0 bridgehead atoms. The average molecular weight is 182 g/mol. The third-order valence-electron chi connectivity index (χ3n) is 1.53. The summed E-state index contributed by atoms with van der Waals surface area (Å²) in [7, 11) is 0. The Morgan fingerprint density at radius 3 is 3.15 bits per heavy atom. The molecule has 1 aromatic heterocycles. The van der Waals surface area contributed by atoms with Crippen LogP contribution in [-0.4, -0.2) is 23.2 Å². The molecule has 0 aromatic carbocycles. The van der Waals surface area contributed by atoms with Gasteiger partial charge in [-0.2, -0.15) is 0 Å². The van der Waals surface area contributed by atoms with Gasteiger partial charge < -0.3 is 10.2 Å². The highest BCUT2D eigenvalue weighted by Gasteiger charge is 1.97. The van der Waals surface area contributed by atoms with Gasteiger partial charge in [-0.15, -0.1) is 0 Å². The van der Waals surface area contributed by atoms with E-state index in [1.54, 1.807) is 12.3 Å². The molecule has 0 unspecified atom stereocenters. The van der Waals surface area contributed by atoms with Crippen molar-refractivity contribution in [1.29, 1.82) is 0 Å². The Bertz CT molecular complexity index is 254. The molecule has 13 heavy (non-hydrogen) atoms. The summed E-state index contributed by atoms with van der Waals surface area (Å²) < 4.78 is 5.18. The van der Waals surface area contributed by atoms with Crippen molar-refractivity contribution in [1.82, 2.24) is 9.97 Å². The summed E-state index contributed by atoms with van der Waals surface area (Å²) in [4.78, 5) is 8.21. The molecule has 0 spiro atoms. The van der Waals surface area contributed by atoms with Crippen LogP contribution in [0.25, 0.3) is 0 Å². The maximum absolute atomic E-state index is 5.20. The summed E-state index contributed by atoms with van der Waals surface area (Å²) in [6.07, 6.45) is 2.38. The van der Waals surface area contributed by atoms with Crippen molar-refractivity contribution < 1.29 is 4.74 Å². The minimum absolute atomic E-state index is 0.626. The van der Waals surface area contributed by atoms with E-state index in [0.717, 1.165) is 12.4 Å². The zero-order chi connectivity index (χ0) is 9.52. The highest BCUT2D eigenvalue weighted by atomic mass is 16.5. The fraction of sp³-hybridized carbons (Fsp3) is 0.500. The lowest BCUT2D eigenvalue weighted by Crippen LogP contribution is -2.10. The van der Waals surface area contributed by atoms with Gasteiger partial charge in [-0.3, -0.25) is 0 Å². The number of hydrogen-bond donors (Lipinski definition) is 2. The number of nitrogens with one attached hydrogen (secondary N) is 1. The maximum atomic E-state index is 5.20. The van der Waals surface area contributed by atoms with Crippen molar-refractivity contribution in [2.45, 2.75) is 13.3 Å². The smallest absolute Gasteiger partial charge is 0.143 e. The van der Waals surface area contributed by atoms with E-state index in [2.05, 4.69) is 15.4 Å². The van der Waals surface area contributed by atoms with Crippen LogP contribution < -0.4 is 11.3 Å². The molecular formula is C8H14N4O. The first-order valence-electron chi connectivity index (χ1n) is 4.23. The largest absolute Gasteiger partial charge is 0.381 e. The first-order valence-corrected chi connectivity index (χ1v) is 4.23. The summed E-state index contributed by atoms with van der Waals surface area (Å²) >= 11 is 0. The molecule has 1 aromatic rings. The SMILES string of the molecule is CCOCCc1nccc(NN)n1. The van der Waals surface area contributed by atoms with Crippen LogP contribution in [0.5, 0.6) is 0 Å². The highest BCUT2D eigenvalue weighted by molar-refractivity contribution is 5.30. The van der Waals surface area contributed by atoms with Crippen molar-refractivity contribution in [3.63, 3.8) is 0 Å². The Labute approximate surface area is 77.3 Å². The van der Waals surface area contributed by atoms with E-state index >= 15 is 0 Å². The van der Waals surface area contributed by atoms with E-state index < -0.39 is 0 Å². The van der Waals surface area contributed by atoms with Crippen molar-refractivity contribution >= 4 is 5.82 Å². The second-order valence-electron chi connectivity index (χ2n) is 2.45. The molecular weight excluding hydrogens is 168 g/mol. The highest BCUT2D eigenvalue weighted by Crippen LogP contribution is 1.99. The van der Waals surface area contributed by atoms with E-state index in [9.17, 15) is 0 Å². The van der Waals surface area contributed by atoms with Crippen LogP contribution in [0.2, 0.25) is 0 Å². The number of nitrogens with two attached hydrogens (primary N) is 1. The number of aromatic nitrogens is 2. The lowest BCUT2D eigenvalue weighted by molar-refractivity contribution is 0.149. The number of ether oxygens (including phenoxy) is 1. The van der Waals surface area contributed by atoms with E-state index in [0.29, 0.717) is 18.8 Å². The monoisotopic (exact) mass is 182 g/mol. The van der Waals surface area contributed by atoms with Crippen molar-refractivity contribution in [3.05, 3.63) is 18.1 Å². The molecule has 0 aliphatic heterocycles. The molecule has 0 radical (unpaired) electrons. The van der Waals surface area contributed by atoms with Crippen LogP contribution in [0, 0.1) is 0 Å². The van der Waals surface area contributed by atoms with Crippen molar-refractivity contribution in [3.8, 4) is 0 Å². The number of nitrogen functional groups attached to an aromatic ring is 1. The number of anilines is 1. The molecule has 0 aliphatic carbocycles. The zero-order valence-corrected chi connectivity index (χ0v) is 7.66. The molecule has 72 valence electrons. The predicted octanol–water partition coefficient (Wildman–Crippen LogP) is 0.341. The Morgan fingerprint density at radius 1 is 1.62 bits per heavy atom. The van der Waals surface area contributed by atoms with Crippen molar-refractivity contribution in [2.24, 2.45) is 5.84 Å². The standard InChI is InChI=1S/C8H14N4O/c1-2-13-6-4-7-10-5-3-8(11-7)12-9/h3,5H,2,4,6,9H2,1H3,(H,10,11,12). The van der Waals surface area contributed by atoms with Crippen molar-refractivity contribution in [2.75, 3.05) is 18.6 Å². The second kappa shape index (κ2) is 5.45. The number of hydrogen-bond acceptors (Lipinski definition) is 5. The zero-order valence-electron chi connectivity index (χ0n) is 7.66. The molecule has 0 fully saturated rings. The second-order valence-corrected chi connectivity index (χ2v) is 2.45. The summed E-state index contributed by atoms with van der Waals surface area (Å²) in [5.41, 5.74) is 2.47. The van der Waals surface area contributed by atoms with Crippen LogP contribution in [0.4, 0.5) is 5.82 Å². The Morgan fingerprint density at radius 2 is 2.46 bits per heavy atom. The van der Waals surface area contributed by atoms with Gasteiger partial charge in [0.15, 0.2) is 0 Å². The van der Waals surface area contributed by atoms with Gasteiger partial charge in [0.1, 0.15) is 11.6 Å². The minimum Gasteiger partial charge on any atom is -0.381 e. The van der Waals surface area contributed by atoms with Gasteiger partial charge in [0.05, 0.1) is 6.61 Å². The first kappa shape index (κ1) is 9.88. The van der Waals surface area contributed by atoms with Gasteiger partial charge in [0.2, 0.25) is 0 Å². The van der Waals surface area contributed by atoms with Gasteiger partial charge in [0, 0.05) is 25.3 Å². The fourth-order valence-electron chi connectivity index (χ4n) is 0.908. The van der Waals surface area contributed by atoms with Gasteiger partial charge in [-0.25, -0.2) is 15.8 Å². The molecule has 0 amide bonds. The van der Waals surface area contributed by atoms with E-state index in [1.807, 2.05) is 6.92 Å². The first-order chi connectivity index (χ1) is 6.36. The summed E-state index contributed by atoms with van der Waals surface area (Å²) in [5.74, 6) is 6.57. The van der Waals surface area contributed by atoms with E-state index in [1.165, 1.54) is 0 Å². The summed E-state index contributed by atoms with van der Waals surface area (Å²) in [5, 5.41) is 0. The van der Waals surface area contributed by atoms with Crippen LogP contribution >= 0.6 is 0 Å². The lowest BCUT2D eigenvalue weighted by Gasteiger charge is -2.02. The molecule has 0 atom stereocenters. The Kier molecular flexibility index (Phi) is 4.14. The van der Waals surface area contributed by atoms with Gasteiger partial charge in [-0.1, -0.05) is 0 Å². The predicted molar refractivity (Wildman–Crippen MR) is 50.0 cm³/mol. The van der Waals surface area contributed by atoms with E-state index in [-0.39, 0.29) is 0 Å². The summed E-state index contributed by atoms with van der Waals surface area (Å²) in [6.45, 7) is 3.32. The average Bonchev–Trinajstić information content (AvgIpc) is 2.19. The van der Waals surface area contributed by atoms with Crippen LogP contribution in [0.3, 0.4) is 0 Å². The number of nitrogens with zero attached hydrogens (tertiary/aromatic N) is 2.